The van der Waals surface area contributed by atoms with Gasteiger partial charge in [0.15, 0.2) is 0 Å². The van der Waals surface area contributed by atoms with Gasteiger partial charge in [-0.3, -0.25) is 4.79 Å². The summed E-state index contributed by atoms with van der Waals surface area (Å²) in [4.78, 5) is 12.1. The van der Waals surface area contributed by atoms with Crippen molar-refractivity contribution >= 4 is 15.9 Å². The maximum Gasteiger partial charge on any atom is 0.223 e. The second-order valence-electron chi connectivity index (χ2n) is 5.80. The molecule has 0 aromatic carbocycles. The molecular weight excluding hydrogens is 264 g/mol. The summed E-state index contributed by atoms with van der Waals surface area (Å²) in [6.45, 7) is 8.61. The summed E-state index contributed by atoms with van der Waals surface area (Å²) in [5.41, 5.74) is -0.191. The van der Waals surface area contributed by atoms with Crippen molar-refractivity contribution in [3.63, 3.8) is 0 Å². The number of amides is 1. The van der Waals surface area contributed by atoms with Gasteiger partial charge in [-0.2, -0.15) is 0 Å². The van der Waals surface area contributed by atoms with Gasteiger partial charge in [-0.15, -0.1) is 0 Å². The lowest BCUT2D eigenvalue weighted by Gasteiger charge is -2.33. The number of carbonyl (C=O) groups excluding carboxylic acids is 1. The lowest BCUT2D eigenvalue weighted by Crippen LogP contribution is -2.49. The predicted molar refractivity (Wildman–Crippen MR) is 76.3 cm³/mol. The molecule has 1 saturated heterocycles. The standard InChI is InChI=1S/C13H26N2O3S/c1-5-13(3,4)14-12(16)11-7-9-15(10-8-11)19(17,18)6-2/h11H,5-10H2,1-4H3,(H,14,16). The molecule has 112 valence electrons. The van der Waals surface area contributed by atoms with Gasteiger partial charge in [0, 0.05) is 24.5 Å². The zero-order valence-corrected chi connectivity index (χ0v) is 13.2. The molecular formula is C13H26N2O3S. The summed E-state index contributed by atoms with van der Waals surface area (Å²) in [6, 6.07) is 0. The van der Waals surface area contributed by atoms with Gasteiger partial charge < -0.3 is 5.32 Å². The first-order valence-electron chi connectivity index (χ1n) is 7.01. The van der Waals surface area contributed by atoms with Crippen LogP contribution in [0.15, 0.2) is 0 Å². The first-order chi connectivity index (χ1) is 8.72. The molecule has 1 heterocycles. The molecule has 1 aliphatic rings. The van der Waals surface area contributed by atoms with Crippen molar-refractivity contribution in [3.8, 4) is 0 Å². The van der Waals surface area contributed by atoms with E-state index in [1.807, 2.05) is 20.8 Å². The van der Waals surface area contributed by atoms with Crippen LogP contribution in [0.3, 0.4) is 0 Å². The molecule has 1 rings (SSSR count). The number of rotatable bonds is 5. The molecule has 0 unspecified atom stereocenters. The largest absolute Gasteiger partial charge is 0.351 e. The van der Waals surface area contributed by atoms with Gasteiger partial charge in [0.1, 0.15) is 0 Å². The Morgan fingerprint density at radius 1 is 1.26 bits per heavy atom. The molecule has 6 heteroatoms. The first-order valence-corrected chi connectivity index (χ1v) is 8.62. The Bertz CT molecular complexity index is 410. The van der Waals surface area contributed by atoms with Crippen molar-refractivity contribution in [2.24, 2.45) is 5.92 Å². The number of hydrogen-bond donors (Lipinski definition) is 1. The second kappa shape index (κ2) is 6.22. The third-order valence-corrected chi connectivity index (χ3v) is 5.81. The number of hydrogen-bond acceptors (Lipinski definition) is 3. The average molecular weight is 290 g/mol. The van der Waals surface area contributed by atoms with Gasteiger partial charge in [0.05, 0.1) is 5.75 Å². The van der Waals surface area contributed by atoms with Gasteiger partial charge >= 0.3 is 0 Å². The minimum atomic E-state index is -3.11. The molecule has 5 nitrogen and oxygen atoms in total. The molecule has 1 fully saturated rings. The quantitative estimate of drug-likeness (QED) is 0.831. The maximum atomic E-state index is 12.1. The van der Waals surface area contributed by atoms with E-state index < -0.39 is 10.0 Å². The number of nitrogens with one attached hydrogen (secondary N) is 1. The normalized spacial score (nSPS) is 19.4. The van der Waals surface area contributed by atoms with Crippen LogP contribution in [0, 0.1) is 5.92 Å². The first kappa shape index (κ1) is 16.4. The highest BCUT2D eigenvalue weighted by Gasteiger charge is 2.31. The molecule has 19 heavy (non-hydrogen) atoms. The van der Waals surface area contributed by atoms with Crippen LogP contribution in [-0.2, 0) is 14.8 Å². The molecule has 0 saturated carbocycles. The monoisotopic (exact) mass is 290 g/mol. The lowest BCUT2D eigenvalue weighted by atomic mass is 9.94. The predicted octanol–water partition coefficient (Wildman–Crippen LogP) is 1.35. The zero-order chi connectivity index (χ0) is 14.7. The van der Waals surface area contributed by atoms with Crippen LogP contribution < -0.4 is 5.32 Å². The Hall–Kier alpha value is -0.620. The number of nitrogens with zero attached hydrogens (tertiary/aromatic N) is 1. The maximum absolute atomic E-state index is 12.1. The Kier molecular flexibility index (Phi) is 5.38. The fourth-order valence-corrected chi connectivity index (χ4v) is 3.24. The minimum absolute atomic E-state index is 0.0559. The van der Waals surface area contributed by atoms with Crippen LogP contribution in [0.5, 0.6) is 0 Å². The molecule has 0 aromatic heterocycles. The molecule has 0 radical (unpaired) electrons. The summed E-state index contributed by atoms with van der Waals surface area (Å²) in [7, 11) is -3.11. The van der Waals surface area contributed by atoms with E-state index in [2.05, 4.69) is 5.32 Å². The Balaban J connectivity index is 2.53. The van der Waals surface area contributed by atoms with Crippen molar-refractivity contribution in [1.29, 1.82) is 0 Å². The van der Waals surface area contributed by atoms with E-state index in [0.29, 0.717) is 25.9 Å². The fraction of sp³-hybridized carbons (Fsp3) is 0.923. The second-order valence-corrected chi connectivity index (χ2v) is 8.06. The lowest BCUT2D eigenvalue weighted by molar-refractivity contribution is -0.127. The highest BCUT2D eigenvalue weighted by atomic mass is 32.2. The summed E-state index contributed by atoms with van der Waals surface area (Å²) in [5.74, 6) is 0.127. The van der Waals surface area contributed by atoms with Crippen molar-refractivity contribution in [2.75, 3.05) is 18.8 Å². The summed E-state index contributed by atoms with van der Waals surface area (Å²) in [5, 5.41) is 3.04. The molecule has 1 amide bonds. The molecule has 0 aromatic rings. The van der Waals surface area contributed by atoms with E-state index in [0.717, 1.165) is 6.42 Å². The van der Waals surface area contributed by atoms with Gasteiger partial charge in [0.25, 0.3) is 0 Å². The Morgan fingerprint density at radius 3 is 2.21 bits per heavy atom. The van der Waals surface area contributed by atoms with Crippen LogP contribution in [0.2, 0.25) is 0 Å². The third kappa shape index (κ3) is 4.45. The number of sulfonamides is 1. The van der Waals surface area contributed by atoms with Gasteiger partial charge in [0.2, 0.25) is 15.9 Å². The van der Waals surface area contributed by atoms with E-state index in [1.165, 1.54) is 4.31 Å². The van der Waals surface area contributed by atoms with Crippen molar-refractivity contribution in [1.82, 2.24) is 9.62 Å². The highest BCUT2D eigenvalue weighted by molar-refractivity contribution is 7.89. The highest BCUT2D eigenvalue weighted by Crippen LogP contribution is 2.21. The van der Waals surface area contributed by atoms with Crippen LogP contribution in [-0.4, -0.2) is 43.0 Å². The SMILES string of the molecule is CCC(C)(C)NC(=O)C1CCN(S(=O)(=O)CC)CC1. The van der Waals surface area contributed by atoms with Crippen LogP contribution >= 0.6 is 0 Å². The smallest absolute Gasteiger partial charge is 0.223 e. The van der Waals surface area contributed by atoms with Crippen molar-refractivity contribution in [3.05, 3.63) is 0 Å². The molecule has 0 spiro atoms. The molecule has 0 aliphatic carbocycles. The van der Waals surface area contributed by atoms with E-state index in [-0.39, 0.29) is 23.1 Å². The van der Waals surface area contributed by atoms with E-state index >= 15 is 0 Å². The van der Waals surface area contributed by atoms with Crippen LogP contribution in [0.4, 0.5) is 0 Å². The molecule has 0 atom stereocenters. The van der Waals surface area contributed by atoms with E-state index in [1.54, 1.807) is 6.92 Å². The van der Waals surface area contributed by atoms with Crippen LogP contribution in [0.1, 0.15) is 47.0 Å². The fourth-order valence-electron chi connectivity index (χ4n) is 2.10. The summed E-state index contributed by atoms with van der Waals surface area (Å²) in [6.07, 6.45) is 2.11. The Labute approximate surface area is 116 Å². The Morgan fingerprint density at radius 2 is 1.79 bits per heavy atom. The molecule has 1 aliphatic heterocycles. The number of carbonyl (C=O) groups is 1. The van der Waals surface area contributed by atoms with E-state index in [9.17, 15) is 13.2 Å². The van der Waals surface area contributed by atoms with Crippen molar-refractivity contribution < 1.29 is 13.2 Å². The zero-order valence-electron chi connectivity index (χ0n) is 12.4. The topological polar surface area (TPSA) is 66.5 Å². The summed E-state index contributed by atoms with van der Waals surface area (Å²) < 4.78 is 25.0. The van der Waals surface area contributed by atoms with Gasteiger partial charge in [-0.25, -0.2) is 12.7 Å². The summed E-state index contributed by atoms with van der Waals surface area (Å²) >= 11 is 0. The number of piperidine rings is 1. The van der Waals surface area contributed by atoms with Gasteiger partial charge in [-0.1, -0.05) is 6.92 Å². The van der Waals surface area contributed by atoms with Crippen LogP contribution in [0.25, 0.3) is 0 Å². The molecule has 1 N–H and O–H groups in total. The average Bonchev–Trinajstić information content (AvgIpc) is 2.38. The van der Waals surface area contributed by atoms with E-state index in [4.69, 9.17) is 0 Å². The minimum Gasteiger partial charge on any atom is -0.351 e. The van der Waals surface area contributed by atoms with Gasteiger partial charge in [-0.05, 0) is 40.0 Å². The molecule has 0 bridgehead atoms. The van der Waals surface area contributed by atoms with Crippen molar-refractivity contribution in [2.45, 2.75) is 52.5 Å². The third-order valence-electron chi connectivity index (χ3n) is 3.93.